The van der Waals surface area contributed by atoms with Crippen molar-refractivity contribution in [3.8, 4) is 0 Å². The standard InChI is InChI=1S/C13H28N2/c1-12(2,3)14(7)11-8-9-15(10-11)13(4,5)6/h11H,8-10H2,1-7H3/t11-/m0/s1. The molecule has 0 aromatic carbocycles. The lowest BCUT2D eigenvalue weighted by Gasteiger charge is -2.38. The van der Waals surface area contributed by atoms with Crippen molar-refractivity contribution in [2.45, 2.75) is 65.1 Å². The molecule has 0 N–H and O–H groups in total. The van der Waals surface area contributed by atoms with Gasteiger partial charge in [-0.1, -0.05) is 0 Å². The normalized spacial score (nSPS) is 25.2. The van der Waals surface area contributed by atoms with Crippen molar-refractivity contribution in [3.05, 3.63) is 0 Å². The first-order valence-electron chi connectivity index (χ1n) is 6.10. The summed E-state index contributed by atoms with van der Waals surface area (Å²) in [6.45, 7) is 16.3. The molecule has 0 saturated carbocycles. The molecular formula is C13H28N2. The lowest BCUT2D eigenvalue weighted by molar-refractivity contribution is 0.102. The van der Waals surface area contributed by atoms with Crippen LogP contribution in [0.5, 0.6) is 0 Å². The second-order valence-corrected chi connectivity index (χ2v) is 6.84. The summed E-state index contributed by atoms with van der Waals surface area (Å²) in [5, 5.41) is 0. The fraction of sp³-hybridized carbons (Fsp3) is 1.00. The largest absolute Gasteiger partial charge is 0.297 e. The molecule has 1 saturated heterocycles. The molecule has 0 amide bonds. The molecule has 2 nitrogen and oxygen atoms in total. The van der Waals surface area contributed by atoms with Gasteiger partial charge in [-0.05, 0) is 55.0 Å². The lowest BCUT2D eigenvalue weighted by atomic mass is 10.0. The van der Waals surface area contributed by atoms with Crippen molar-refractivity contribution >= 4 is 0 Å². The third kappa shape index (κ3) is 3.18. The molecule has 1 atom stereocenters. The predicted octanol–water partition coefficient (Wildman–Crippen LogP) is 2.59. The smallest absolute Gasteiger partial charge is 0.0237 e. The summed E-state index contributed by atoms with van der Waals surface area (Å²) in [4.78, 5) is 5.12. The Balaban J connectivity index is 2.57. The molecule has 90 valence electrons. The summed E-state index contributed by atoms with van der Waals surface area (Å²) in [5.74, 6) is 0. The fourth-order valence-electron chi connectivity index (χ4n) is 2.21. The van der Waals surface area contributed by atoms with Crippen molar-refractivity contribution in [1.29, 1.82) is 0 Å². The number of likely N-dealkylation sites (tertiary alicyclic amines) is 1. The number of nitrogens with zero attached hydrogens (tertiary/aromatic N) is 2. The molecule has 0 spiro atoms. The highest BCUT2D eigenvalue weighted by Gasteiger charge is 2.35. The van der Waals surface area contributed by atoms with E-state index >= 15 is 0 Å². The average molecular weight is 212 g/mol. The van der Waals surface area contributed by atoms with Crippen LogP contribution >= 0.6 is 0 Å². The highest BCUT2D eigenvalue weighted by molar-refractivity contribution is 4.91. The summed E-state index contributed by atoms with van der Waals surface area (Å²) < 4.78 is 0. The van der Waals surface area contributed by atoms with Crippen LogP contribution in [0.2, 0.25) is 0 Å². The predicted molar refractivity (Wildman–Crippen MR) is 67.2 cm³/mol. The summed E-state index contributed by atoms with van der Waals surface area (Å²) in [6.07, 6.45) is 1.31. The number of hydrogen-bond donors (Lipinski definition) is 0. The van der Waals surface area contributed by atoms with E-state index in [0.717, 1.165) is 6.04 Å². The van der Waals surface area contributed by atoms with Crippen LogP contribution in [-0.4, -0.2) is 47.1 Å². The lowest BCUT2D eigenvalue weighted by Crippen LogP contribution is -2.48. The van der Waals surface area contributed by atoms with Crippen LogP contribution in [0.4, 0.5) is 0 Å². The maximum Gasteiger partial charge on any atom is 0.0237 e. The van der Waals surface area contributed by atoms with Gasteiger partial charge in [-0.2, -0.15) is 0 Å². The van der Waals surface area contributed by atoms with Crippen molar-refractivity contribution in [1.82, 2.24) is 9.80 Å². The van der Waals surface area contributed by atoms with Crippen LogP contribution in [0.3, 0.4) is 0 Å². The Labute approximate surface area is 95.6 Å². The van der Waals surface area contributed by atoms with Crippen LogP contribution in [0.15, 0.2) is 0 Å². The molecule has 0 bridgehead atoms. The van der Waals surface area contributed by atoms with Gasteiger partial charge in [0.1, 0.15) is 0 Å². The molecule has 15 heavy (non-hydrogen) atoms. The van der Waals surface area contributed by atoms with Crippen molar-refractivity contribution in [2.75, 3.05) is 20.1 Å². The van der Waals surface area contributed by atoms with E-state index in [1.807, 2.05) is 0 Å². The molecular weight excluding hydrogens is 184 g/mol. The zero-order valence-electron chi connectivity index (χ0n) is 11.6. The molecule has 2 heteroatoms. The van der Waals surface area contributed by atoms with Crippen molar-refractivity contribution in [2.24, 2.45) is 0 Å². The highest BCUT2D eigenvalue weighted by atomic mass is 15.3. The molecule has 1 heterocycles. The van der Waals surface area contributed by atoms with E-state index < -0.39 is 0 Å². The molecule has 0 radical (unpaired) electrons. The summed E-state index contributed by atoms with van der Waals surface area (Å²) in [5.41, 5.74) is 0.617. The van der Waals surface area contributed by atoms with Gasteiger partial charge in [-0.25, -0.2) is 0 Å². The van der Waals surface area contributed by atoms with Crippen LogP contribution in [0.1, 0.15) is 48.0 Å². The SMILES string of the molecule is CN([C@H]1CCN(C(C)(C)C)C1)C(C)(C)C. The van der Waals surface area contributed by atoms with E-state index in [2.05, 4.69) is 58.4 Å². The van der Waals surface area contributed by atoms with E-state index in [9.17, 15) is 0 Å². The first-order chi connectivity index (χ1) is 6.62. The molecule has 1 rings (SSSR count). The molecule has 0 aromatic heterocycles. The number of hydrogen-bond acceptors (Lipinski definition) is 2. The Morgan fingerprint density at radius 1 is 1.07 bits per heavy atom. The Morgan fingerprint density at radius 2 is 1.60 bits per heavy atom. The fourth-order valence-corrected chi connectivity index (χ4v) is 2.21. The quantitative estimate of drug-likeness (QED) is 0.659. The Bertz CT molecular complexity index is 210. The monoisotopic (exact) mass is 212 g/mol. The number of rotatable bonds is 1. The second kappa shape index (κ2) is 4.06. The van der Waals surface area contributed by atoms with Gasteiger partial charge in [-0.3, -0.25) is 9.80 Å². The van der Waals surface area contributed by atoms with E-state index in [4.69, 9.17) is 0 Å². The summed E-state index contributed by atoms with van der Waals surface area (Å²) in [6, 6.07) is 0.726. The molecule has 1 aliphatic rings. The number of likely N-dealkylation sites (N-methyl/N-ethyl adjacent to an activating group) is 1. The van der Waals surface area contributed by atoms with Crippen LogP contribution < -0.4 is 0 Å². The molecule has 1 aliphatic heterocycles. The third-order valence-corrected chi connectivity index (χ3v) is 3.72. The second-order valence-electron chi connectivity index (χ2n) is 6.84. The van der Waals surface area contributed by atoms with E-state index in [1.54, 1.807) is 0 Å². The maximum atomic E-state index is 2.60. The molecule has 0 aromatic rings. The summed E-state index contributed by atoms with van der Waals surface area (Å²) in [7, 11) is 2.26. The van der Waals surface area contributed by atoms with Crippen molar-refractivity contribution in [3.63, 3.8) is 0 Å². The highest BCUT2D eigenvalue weighted by Crippen LogP contribution is 2.26. The average Bonchev–Trinajstić information content (AvgIpc) is 2.47. The van der Waals surface area contributed by atoms with E-state index in [-0.39, 0.29) is 0 Å². The molecule has 0 unspecified atom stereocenters. The first-order valence-corrected chi connectivity index (χ1v) is 6.10. The van der Waals surface area contributed by atoms with Crippen molar-refractivity contribution < 1.29 is 0 Å². The topological polar surface area (TPSA) is 6.48 Å². The minimum absolute atomic E-state index is 0.290. The Kier molecular flexibility index (Phi) is 3.52. The minimum Gasteiger partial charge on any atom is -0.297 e. The summed E-state index contributed by atoms with van der Waals surface area (Å²) >= 11 is 0. The van der Waals surface area contributed by atoms with Crippen LogP contribution in [-0.2, 0) is 0 Å². The van der Waals surface area contributed by atoms with Crippen LogP contribution in [0.25, 0.3) is 0 Å². The van der Waals surface area contributed by atoms with Gasteiger partial charge >= 0.3 is 0 Å². The minimum atomic E-state index is 0.290. The van der Waals surface area contributed by atoms with E-state index in [0.29, 0.717) is 11.1 Å². The molecule has 0 aliphatic carbocycles. The van der Waals surface area contributed by atoms with E-state index in [1.165, 1.54) is 19.5 Å². The van der Waals surface area contributed by atoms with Gasteiger partial charge in [0, 0.05) is 30.2 Å². The van der Waals surface area contributed by atoms with Crippen LogP contribution in [0, 0.1) is 0 Å². The zero-order chi connectivity index (χ0) is 11.9. The maximum absolute atomic E-state index is 2.60. The first kappa shape index (κ1) is 13.0. The van der Waals surface area contributed by atoms with Gasteiger partial charge in [0.2, 0.25) is 0 Å². The van der Waals surface area contributed by atoms with Gasteiger partial charge in [0.15, 0.2) is 0 Å². The Morgan fingerprint density at radius 3 is 1.93 bits per heavy atom. The van der Waals surface area contributed by atoms with Gasteiger partial charge in [0.25, 0.3) is 0 Å². The Hall–Kier alpha value is -0.0800. The zero-order valence-corrected chi connectivity index (χ0v) is 11.6. The molecule has 1 fully saturated rings. The van der Waals surface area contributed by atoms with Gasteiger partial charge in [0.05, 0.1) is 0 Å². The van der Waals surface area contributed by atoms with Gasteiger partial charge in [-0.15, -0.1) is 0 Å². The third-order valence-electron chi connectivity index (χ3n) is 3.72. The van der Waals surface area contributed by atoms with Gasteiger partial charge < -0.3 is 0 Å².